The van der Waals surface area contributed by atoms with Gasteiger partial charge in [-0.15, -0.1) is 0 Å². The molecule has 0 amide bonds. The molecular formula is C27H32Si. The Morgan fingerprint density at radius 2 is 1.07 bits per heavy atom. The molecule has 0 nitrogen and oxygen atoms in total. The van der Waals surface area contributed by atoms with Gasteiger partial charge in [-0.2, -0.15) is 0 Å². The monoisotopic (exact) mass is 384 g/mol. The van der Waals surface area contributed by atoms with Crippen LogP contribution in [0.4, 0.5) is 0 Å². The normalized spacial score (nSPS) is 12.1. The van der Waals surface area contributed by atoms with Gasteiger partial charge in [-0.25, -0.2) is 0 Å². The maximum atomic E-state index is 2.54. The van der Waals surface area contributed by atoms with Crippen molar-refractivity contribution in [2.45, 2.75) is 46.0 Å². The number of allylic oxidation sites excluding steroid dienone is 2. The van der Waals surface area contributed by atoms with Crippen LogP contribution in [0.15, 0.2) is 102 Å². The first kappa shape index (κ1) is 20.4. The fraction of sp³-hybridized carbons (Fsp3) is 0.259. The molecule has 144 valence electrons. The molecular weight excluding hydrogens is 352 g/mol. The smallest absolute Gasteiger partial charge is 0.0885 e. The second-order valence-electron chi connectivity index (χ2n) is 7.58. The van der Waals surface area contributed by atoms with Crippen molar-refractivity contribution >= 4 is 23.6 Å². The lowest BCUT2D eigenvalue weighted by Crippen LogP contribution is -2.68. The second-order valence-corrected chi connectivity index (χ2v) is 11.6. The summed E-state index contributed by atoms with van der Waals surface area (Å²) in [6.07, 6.45) is 8.96. The summed E-state index contributed by atoms with van der Waals surface area (Å²) < 4.78 is 0. The summed E-state index contributed by atoms with van der Waals surface area (Å²) >= 11 is 0. The van der Waals surface area contributed by atoms with Gasteiger partial charge in [0.1, 0.15) is 0 Å². The summed E-state index contributed by atoms with van der Waals surface area (Å²) in [4.78, 5) is 0. The molecule has 0 aromatic heterocycles. The van der Waals surface area contributed by atoms with E-state index in [-0.39, 0.29) is 0 Å². The van der Waals surface area contributed by atoms with Crippen molar-refractivity contribution in [3.8, 4) is 0 Å². The summed E-state index contributed by atoms with van der Waals surface area (Å²) in [6.45, 7) is 4.65. The van der Waals surface area contributed by atoms with E-state index in [9.17, 15) is 0 Å². The van der Waals surface area contributed by atoms with Gasteiger partial charge in [0.2, 0.25) is 0 Å². The molecule has 0 aliphatic heterocycles. The molecule has 3 aromatic rings. The van der Waals surface area contributed by atoms with Crippen molar-refractivity contribution in [3.05, 3.63) is 102 Å². The SMILES string of the molecule is CCCCCC/C=C(\C)[Si](c1ccccc1)(c1ccccc1)c1ccccc1. The molecule has 0 heterocycles. The molecule has 3 aromatic carbocycles. The van der Waals surface area contributed by atoms with E-state index in [2.05, 4.69) is 111 Å². The zero-order valence-electron chi connectivity index (χ0n) is 17.3. The number of benzene rings is 3. The molecule has 3 rings (SSSR count). The van der Waals surface area contributed by atoms with Crippen LogP contribution in [0.2, 0.25) is 0 Å². The van der Waals surface area contributed by atoms with E-state index < -0.39 is 8.07 Å². The zero-order chi connectivity index (χ0) is 19.7. The molecule has 0 atom stereocenters. The summed E-state index contributed by atoms with van der Waals surface area (Å²) in [5.41, 5.74) is 0. The quantitative estimate of drug-likeness (QED) is 0.255. The highest BCUT2D eigenvalue weighted by molar-refractivity contribution is 7.16. The minimum atomic E-state index is -2.23. The lowest BCUT2D eigenvalue weighted by Gasteiger charge is -2.35. The Morgan fingerprint density at radius 3 is 1.46 bits per heavy atom. The third kappa shape index (κ3) is 4.36. The number of hydrogen-bond acceptors (Lipinski definition) is 0. The average molecular weight is 385 g/mol. The number of unbranched alkanes of at least 4 members (excludes halogenated alkanes) is 4. The molecule has 1 heteroatoms. The van der Waals surface area contributed by atoms with Crippen molar-refractivity contribution in [1.82, 2.24) is 0 Å². The van der Waals surface area contributed by atoms with Crippen LogP contribution >= 0.6 is 0 Å². The van der Waals surface area contributed by atoms with Gasteiger partial charge in [-0.1, -0.05) is 128 Å². The van der Waals surface area contributed by atoms with Gasteiger partial charge in [0.05, 0.1) is 0 Å². The van der Waals surface area contributed by atoms with Gasteiger partial charge < -0.3 is 0 Å². The molecule has 28 heavy (non-hydrogen) atoms. The molecule has 0 radical (unpaired) electrons. The predicted molar refractivity (Wildman–Crippen MR) is 126 cm³/mol. The Bertz CT molecular complexity index is 754. The first-order chi connectivity index (χ1) is 13.8. The first-order valence-electron chi connectivity index (χ1n) is 10.6. The Balaban J connectivity index is 2.15. The topological polar surface area (TPSA) is 0 Å². The molecule has 0 N–H and O–H groups in total. The highest BCUT2D eigenvalue weighted by Gasteiger charge is 2.40. The highest BCUT2D eigenvalue weighted by atomic mass is 28.3. The predicted octanol–water partition coefficient (Wildman–Crippen LogP) is 5.61. The number of rotatable bonds is 9. The maximum absolute atomic E-state index is 2.54. The fourth-order valence-electron chi connectivity index (χ4n) is 4.29. The van der Waals surface area contributed by atoms with Crippen LogP contribution < -0.4 is 15.6 Å². The molecule has 0 saturated heterocycles. The van der Waals surface area contributed by atoms with Crippen LogP contribution in [0, 0.1) is 0 Å². The van der Waals surface area contributed by atoms with Gasteiger partial charge in [0.25, 0.3) is 0 Å². The second kappa shape index (κ2) is 10.2. The van der Waals surface area contributed by atoms with E-state index >= 15 is 0 Å². The Morgan fingerprint density at radius 1 is 0.643 bits per heavy atom. The molecule has 0 unspecified atom stereocenters. The third-order valence-electron chi connectivity index (χ3n) is 5.72. The standard InChI is InChI=1S/C27H32Si/c1-3-4-5-6-10-17-24(2)28(25-18-11-7-12-19-25,26-20-13-8-14-21-26)27-22-15-9-16-23-27/h7-9,11-23H,3-6,10H2,1-2H3/b24-17+. The molecule has 0 bridgehead atoms. The van der Waals surface area contributed by atoms with Crippen molar-refractivity contribution in [1.29, 1.82) is 0 Å². The van der Waals surface area contributed by atoms with Crippen molar-refractivity contribution in [2.75, 3.05) is 0 Å². The van der Waals surface area contributed by atoms with Crippen LogP contribution in [0.3, 0.4) is 0 Å². The molecule has 0 saturated carbocycles. The highest BCUT2D eigenvalue weighted by Crippen LogP contribution is 2.18. The Labute approximate surface area is 172 Å². The van der Waals surface area contributed by atoms with Gasteiger partial charge in [-0.3, -0.25) is 0 Å². The van der Waals surface area contributed by atoms with Crippen molar-refractivity contribution in [3.63, 3.8) is 0 Å². The lowest BCUT2D eigenvalue weighted by molar-refractivity contribution is 0.674. The lowest BCUT2D eigenvalue weighted by atomic mass is 10.1. The molecule has 0 spiro atoms. The van der Waals surface area contributed by atoms with Crippen LogP contribution in [0.1, 0.15) is 46.0 Å². The van der Waals surface area contributed by atoms with E-state index in [1.807, 2.05) is 0 Å². The largest absolute Gasteiger partial charge is 0.175 e. The van der Waals surface area contributed by atoms with Gasteiger partial charge in [0.15, 0.2) is 8.07 Å². The average Bonchev–Trinajstić information content (AvgIpc) is 2.76. The van der Waals surface area contributed by atoms with Crippen LogP contribution in [0.25, 0.3) is 0 Å². The van der Waals surface area contributed by atoms with Gasteiger partial charge in [0, 0.05) is 0 Å². The summed E-state index contributed by atoms with van der Waals surface area (Å²) in [7, 11) is -2.23. The van der Waals surface area contributed by atoms with Crippen molar-refractivity contribution in [2.24, 2.45) is 0 Å². The Hall–Kier alpha value is -2.38. The van der Waals surface area contributed by atoms with E-state index in [1.54, 1.807) is 5.20 Å². The fourth-order valence-corrected chi connectivity index (χ4v) is 9.18. The van der Waals surface area contributed by atoms with Crippen LogP contribution in [-0.2, 0) is 0 Å². The summed E-state index contributed by atoms with van der Waals surface area (Å²) in [5.74, 6) is 0. The van der Waals surface area contributed by atoms with Crippen molar-refractivity contribution < 1.29 is 0 Å². The van der Waals surface area contributed by atoms with E-state index in [1.165, 1.54) is 47.7 Å². The van der Waals surface area contributed by atoms with E-state index in [4.69, 9.17) is 0 Å². The first-order valence-corrected chi connectivity index (χ1v) is 12.6. The zero-order valence-corrected chi connectivity index (χ0v) is 18.3. The molecule has 0 fully saturated rings. The number of hydrogen-bond donors (Lipinski definition) is 0. The third-order valence-corrected chi connectivity index (χ3v) is 10.7. The Kier molecular flexibility index (Phi) is 7.44. The van der Waals surface area contributed by atoms with Gasteiger partial charge in [-0.05, 0) is 35.3 Å². The summed E-state index contributed by atoms with van der Waals surface area (Å²) in [6, 6.07) is 33.5. The van der Waals surface area contributed by atoms with Crippen LogP contribution in [-0.4, -0.2) is 8.07 Å². The van der Waals surface area contributed by atoms with E-state index in [0.29, 0.717) is 0 Å². The van der Waals surface area contributed by atoms with Gasteiger partial charge >= 0.3 is 0 Å². The maximum Gasteiger partial charge on any atom is 0.175 e. The summed E-state index contributed by atoms with van der Waals surface area (Å²) in [5, 5.41) is 5.95. The van der Waals surface area contributed by atoms with E-state index in [0.717, 1.165) is 0 Å². The minimum Gasteiger partial charge on any atom is -0.0885 e. The van der Waals surface area contributed by atoms with Crippen LogP contribution in [0.5, 0.6) is 0 Å². The molecule has 0 aliphatic rings. The minimum absolute atomic E-state index is 1.17. The molecule has 0 aliphatic carbocycles.